The highest BCUT2D eigenvalue weighted by Gasteiger charge is 2.39. The van der Waals surface area contributed by atoms with Gasteiger partial charge in [-0.2, -0.15) is 0 Å². The monoisotopic (exact) mass is 369 g/mol. The summed E-state index contributed by atoms with van der Waals surface area (Å²) in [6.45, 7) is 6.81. The molecule has 0 aliphatic carbocycles. The second-order valence-electron chi connectivity index (χ2n) is 8.20. The highest BCUT2D eigenvalue weighted by atomic mass is 15.4. The number of anilines is 1. The van der Waals surface area contributed by atoms with E-state index < -0.39 is 0 Å². The van der Waals surface area contributed by atoms with Gasteiger partial charge in [-0.3, -0.25) is 0 Å². The number of aromatic nitrogens is 2. The molecule has 0 radical (unpaired) electrons. The van der Waals surface area contributed by atoms with Crippen LogP contribution in [0, 0.1) is 11.8 Å². The first-order valence-electron chi connectivity index (χ1n) is 10.6. The summed E-state index contributed by atoms with van der Waals surface area (Å²) in [5, 5.41) is 0. The Bertz CT molecular complexity index is 618. The molecule has 5 heteroatoms. The first-order valence-corrected chi connectivity index (χ1v) is 10.6. The van der Waals surface area contributed by atoms with Crippen LogP contribution in [0.15, 0.2) is 12.4 Å². The third-order valence-corrected chi connectivity index (χ3v) is 5.75. The van der Waals surface area contributed by atoms with Crippen molar-refractivity contribution in [2.45, 2.75) is 64.0 Å². The quantitative estimate of drug-likeness (QED) is 0.520. The van der Waals surface area contributed by atoms with Crippen molar-refractivity contribution >= 4 is 5.95 Å². The largest absolute Gasteiger partial charge is 0.332 e. The Labute approximate surface area is 165 Å². The van der Waals surface area contributed by atoms with Crippen LogP contribution in [0.5, 0.6) is 0 Å². The van der Waals surface area contributed by atoms with Crippen LogP contribution in [-0.2, 0) is 0 Å². The van der Waals surface area contributed by atoms with Crippen molar-refractivity contribution in [3.8, 4) is 11.8 Å². The van der Waals surface area contributed by atoms with Crippen molar-refractivity contribution in [3.63, 3.8) is 0 Å². The molecule has 2 bridgehead atoms. The molecule has 0 amide bonds. The second-order valence-corrected chi connectivity index (χ2v) is 8.20. The first-order chi connectivity index (χ1) is 13.2. The molecule has 2 aliphatic rings. The predicted molar refractivity (Wildman–Crippen MR) is 112 cm³/mol. The number of likely N-dealkylation sites (N-methyl/N-ethyl adjacent to an activating group) is 1. The molecule has 0 aromatic carbocycles. The lowest BCUT2D eigenvalue weighted by Crippen LogP contribution is -2.53. The van der Waals surface area contributed by atoms with Gasteiger partial charge in [0.2, 0.25) is 5.95 Å². The van der Waals surface area contributed by atoms with Crippen LogP contribution < -0.4 is 4.90 Å². The molecule has 2 fully saturated rings. The molecule has 3 heterocycles. The average Bonchev–Trinajstić information content (AvgIpc) is 2.93. The van der Waals surface area contributed by atoms with E-state index in [0.29, 0.717) is 12.1 Å². The number of likely N-dealkylation sites (tertiary alicyclic amines) is 1. The van der Waals surface area contributed by atoms with Crippen molar-refractivity contribution in [1.29, 1.82) is 0 Å². The van der Waals surface area contributed by atoms with Gasteiger partial charge in [0.15, 0.2) is 0 Å². The molecule has 148 valence electrons. The zero-order valence-corrected chi connectivity index (χ0v) is 17.3. The number of piperazine rings is 1. The molecule has 2 saturated heterocycles. The van der Waals surface area contributed by atoms with Gasteiger partial charge in [0, 0.05) is 44.0 Å². The Balaban J connectivity index is 1.43. The number of rotatable bonds is 8. The molecule has 0 N–H and O–H groups in total. The Morgan fingerprint density at radius 2 is 1.74 bits per heavy atom. The second kappa shape index (κ2) is 10.1. The minimum absolute atomic E-state index is 0.569. The fourth-order valence-electron chi connectivity index (χ4n) is 4.30. The summed E-state index contributed by atoms with van der Waals surface area (Å²) >= 11 is 0. The summed E-state index contributed by atoms with van der Waals surface area (Å²) < 4.78 is 0. The van der Waals surface area contributed by atoms with Gasteiger partial charge in [-0.15, -0.1) is 0 Å². The number of unbranched alkanes of at least 4 members (excludes halogenated alkanes) is 3. The molecule has 0 saturated carbocycles. The topological polar surface area (TPSA) is 35.5 Å². The molecule has 1 aromatic heterocycles. The molecule has 2 aliphatic heterocycles. The Morgan fingerprint density at radius 1 is 1.07 bits per heavy atom. The smallest absolute Gasteiger partial charge is 0.225 e. The maximum absolute atomic E-state index is 4.62. The van der Waals surface area contributed by atoms with E-state index in [-0.39, 0.29) is 0 Å². The molecule has 3 rings (SSSR count). The van der Waals surface area contributed by atoms with Gasteiger partial charge in [0.1, 0.15) is 0 Å². The summed E-state index contributed by atoms with van der Waals surface area (Å²) in [6, 6.07) is 1.14. The summed E-state index contributed by atoms with van der Waals surface area (Å²) in [5.74, 6) is 7.39. The first kappa shape index (κ1) is 20.1. The zero-order valence-electron chi connectivity index (χ0n) is 17.3. The lowest BCUT2D eigenvalue weighted by Gasteiger charge is -2.39. The maximum Gasteiger partial charge on any atom is 0.225 e. The van der Waals surface area contributed by atoms with Crippen LogP contribution in [0.2, 0.25) is 0 Å². The fourth-order valence-corrected chi connectivity index (χ4v) is 4.30. The van der Waals surface area contributed by atoms with E-state index in [4.69, 9.17) is 0 Å². The average molecular weight is 370 g/mol. The standard InChI is InChI=1S/C22H35N5/c1-4-5-8-13-25(2)14-9-6-7-10-19-15-23-22(24-16-19)27-20-11-12-21(27)18-26(3)17-20/h15-16,20-21H,4-6,8-9,11-14,17-18H2,1-3H3. The third kappa shape index (κ3) is 5.67. The molecule has 5 nitrogen and oxygen atoms in total. The number of hydrogen-bond donors (Lipinski definition) is 0. The van der Waals surface area contributed by atoms with Crippen molar-refractivity contribution < 1.29 is 0 Å². The number of nitrogens with zero attached hydrogens (tertiary/aromatic N) is 5. The highest BCUT2D eigenvalue weighted by Crippen LogP contribution is 2.32. The van der Waals surface area contributed by atoms with Gasteiger partial charge < -0.3 is 14.7 Å². The van der Waals surface area contributed by atoms with E-state index in [0.717, 1.165) is 44.0 Å². The summed E-state index contributed by atoms with van der Waals surface area (Å²) in [5.41, 5.74) is 0.927. The van der Waals surface area contributed by atoms with Gasteiger partial charge in [-0.25, -0.2) is 9.97 Å². The lowest BCUT2D eigenvalue weighted by atomic mass is 10.2. The van der Waals surface area contributed by atoms with Crippen molar-refractivity contribution in [1.82, 2.24) is 19.8 Å². The van der Waals surface area contributed by atoms with E-state index in [2.05, 4.69) is 57.5 Å². The highest BCUT2D eigenvalue weighted by molar-refractivity contribution is 5.40. The SMILES string of the molecule is CCCCCN(C)CCCC#Cc1cnc(N2C3CCC2CN(C)C3)nc1. The van der Waals surface area contributed by atoms with Crippen LogP contribution in [0.1, 0.15) is 57.4 Å². The Morgan fingerprint density at radius 3 is 2.41 bits per heavy atom. The molecule has 27 heavy (non-hydrogen) atoms. The summed E-state index contributed by atoms with van der Waals surface area (Å²) in [7, 11) is 4.42. The molecule has 1 aromatic rings. The minimum Gasteiger partial charge on any atom is -0.332 e. The van der Waals surface area contributed by atoms with Gasteiger partial charge in [0.05, 0.1) is 5.56 Å². The van der Waals surface area contributed by atoms with E-state index in [1.807, 2.05) is 12.4 Å². The van der Waals surface area contributed by atoms with Crippen LogP contribution in [-0.4, -0.2) is 72.1 Å². The van der Waals surface area contributed by atoms with Crippen molar-refractivity contribution in [2.24, 2.45) is 0 Å². The molecule has 2 atom stereocenters. The Hall–Kier alpha value is -1.64. The van der Waals surface area contributed by atoms with Crippen molar-refractivity contribution in [2.75, 3.05) is 45.2 Å². The zero-order chi connectivity index (χ0) is 19.1. The lowest BCUT2D eigenvalue weighted by molar-refractivity contribution is 0.262. The van der Waals surface area contributed by atoms with Crippen LogP contribution in [0.3, 0.4) is 0 Å². The molecular weight excluding hydrogens is 334 g/mol. The van der Waals surface area contributed by atoms with Crippen LogP contribution in [0.25, 0.3) is 0 Å². The third-order valence-electron chi connectivity index (χ3n) is 5.75. The summed E-state index contributed by atoms with van der Waals surface area (Å²) in [6.07, 6.45) is 12.3. The fraction of sp³-hybridized carbons (Fsp3) is 0.727. The van der Waals surface area contributed by atoms with Crippen molar-refractivity contribution in [3.05, 3.63) is 18.0 Å². The van der Waals surface area contributed by atoms with Crippen LogP contribution in [0.4, 0.5) is 5.95 Å². The van der Waals surface area contributed by atoms with Gasteiger partial charge in [-0.1, -0.05) is 31.6 Å². The summed E-state index contributed by atoms with van der Waals surface area (Å²) in [4.78, 5) is 16.5. The molecule has 0 spiro atoms. The van der Waals surface area contributed by atoms with Gasteiger partial charge >= 0.3 is 0 Å². The molecule has 2 unspecified atom stereocenters. The van der Waals surface area contributed by atoms with E-state index in [1.165, 1.54) is 38.6 Å². The van der Waals surface area contributed by atoms with Gasteiger partial charge in [0.25, 0.3) is 0 Å². The van der Waals surface area contributed by atoms with Gasteiger partial charge in [-0.05, 0) is 52.9 Å². The van der Waals surface area contributed by atoms with E-state index >= 15 is 0 Å². The number of hydrogen-bond acceptors (Lipinski definition) is 5. The Kier molecular flexibility index (Phi) is 7.49. The van der Waals surface area contributed by atoms with Crippen LogP contribution >= 0.6 is 0 Å². The molecular formula is C22H35N5. The maximum atomic E-state index is 4.62. The minimum atomic E-state index is 0.569. The van der Waals surface area contributed by atoms with E-state index in [1.54, 1.807) is 0 Å². The van der Waals surface area contributed by atoms with E-state index in [9.17, 15) is 0 Å². The normalized spacial score (nSPS) is 22.1. The predicted octanol–water partition coefficient (Wildman–Crippen LogP) is 3.01. The number of fused-ring (bicyclic) bond motifs is 2.